The first-order valence-corrected chi connectivity index (χ1v) is 9.85. The van der Waals surface area contributed by atoms with E-state index in [9.17, 15) is 9.59 Å². The molecule has 9 nitrogen and oxygen atoms in total. The van der Waals surface area contributed by atoms with Gasteiger partial charge in [-0.25, -0.2) is 4.79 Å². The summed E-state index contributed by atoms with van der Waals surface area (Å²) in [6, 6.07) is 5.27. The lowest BCUT2D eigenvalue weighted by Crippen LogP contribution is -2.40. The summed E-state index contributed by atoms with van der Waals surface area (Å²) in [5.41, 5.74) is 1.76. The SMILES string of the molecule is CC(C)C(=O)N1CCn2nc(CNC(=O)NC[C@@H](C)Oc3cccnc3)cc2C1. The summed E-state index contributed by atoms with van der Waals surface area (Å²) in [4.78, 5) is 30.1. The number of hydrogen-bond donors (Lipinski definition) is 2. The van der Waals surface area contributed by atoms with Crippen LogP contribution in [0, 0.1) is 5.92 Å². The van der Waals surface area contributed by atoms with Crippen LogP contribution >= 0.6 is 0 Å². The largest absolute Gasteiger partial charge is 0.487 e. The first kappa shape index (κ1) is 20.6. The van der Waals surface area contributed by atoms with Crippen LogP contribution in [0.5, 0.6) is 5.75 Å². The normalized spacial score (nSPS) is 14.3. The van der Waals surface area contributed by atoms with Gasteiger partial charge in [-0.1, -0.05) is 13.8 Å². The lowest BCUT2D eigenvalue weighted by Gasteiger charge is -2.29. The highest BCUT2D eigenvalue weighted by molar-refractivity contribution is 5.78. The third-order valence-corrected chi connectivity index (χ3v) is 4.61. The number of fused-ring (bicyclic) bond motifs is 1. The minimum Gasteiger partial charge on any atom is -0.487 e. The topological polar surface area (TPSA) is 101 Å². The van der Waals surface area contributed by atoms with E-state index in [-0.39, 0.29) is 24.0 Å². The Kier molecular flexibility index (Phi) is 6.69. The van der Waals surface area contributed by atoms with Gasteiger partial charge >= 0.3 is 6.03 Å². The molecule has 3 heterocycles. The summed E-state index contributed by atoms with van der Waals surface area (Å²) in [6.45, 7) is 8.27. The summed E-state index contributed by atoms with van der Waals surface area (Å²) >= 11 is 0. The molecule has 0 unspecified atom stereocenters. The minimum absolute atomic E-state index is 0.0150. The number of carbonyl (C=O) groups excluding carboxylic acids is 2. The average molecular weight is 400 g/mol. The molecule has 2 aromatic heterocycles. The van der Waals surface area contributed by atoms with E-state index in [1.807, 2.05) is 42.5 Å². The van der Waals surface area contributed by atoms with Gasteiger partial charge in [-0.2, -0.15) is 5.10 Å². The Balaban J connectivity index is 1.42. The van der Waals surface area contributed by atoms with Crippen molar-refractivity contribution < 1.29 is 14.3 Å². The zero-order valence-corrected chi connectivity index (χ0v) is 17.1. The van der Waals surface area contributed by atoms with Gasteiger partial charge in [-0.3, -0.25) is 14.5 Å². The van der Waals surface area contributed by atoms with Crippen LogP contribution in [0.4, 0.5) is 4.79 Å². The second kappa shape index (κ2) is 9.40. The highest BCUT2D eigenvalue weighted by Gasteiger charge is 2.23. The van der Waals surface area contributed by atoms with Gasteiger partial charge in [0.15, 0.2) is 0 Å². The van der Waals surface area contributed by atoms with Crippen LogP contribution in [-0.4, -0.2) is 50.8 Å². The van der Waals surface area contributed by atoms with Crippen LogP contribution in [0.25, 0.3) is 0 Å². The van der Waals surface area contributed by atoms with E-state index in [1.54, 1.807) is 18.5 Å². The van der Waals surface area contributed by atoms with Crippen molar-refractivity contribution in [3.05, 3.63) is 42.0 Å². The number of aromatic nitrogens is 3. The molecule has 29 heavy (non-hydrogen) atoms. The van der Waals surface area contributed by atoms with Gasteiger partial charge in [0.1, 0.15) is 11.9 Å². The third-order valence-electron chi connectivity index (χ3n) is 4.61. The molecule has 0 aliphatic carbocycles. The number of nitrogens with zero attached hydrogens (tertiary/aromatic N) is 4. The first-order chi connectivity index (χ1) is 13.9. The van der Waals surface area contributed by atoms with E-state index >= 15 is 0 Å². The molecule has 2 aromatic rings. The van der Waals surface area contributed by atoms with Crippen molar-refractivity contribution in [3.63, 3.8) is 0 Å². The molecule has 3 amide bonds. The van der Waals surface area contributed by atoms with Gasteiger partial charge in [0.05, 0.1) is 43.8 Å². The first-order valence-electron chi connectivity index (χ1n) is 9.85. The zero-order valence-electron chi connectivity index (χ0n) is 17.1. The highest BCUT2D eigenvalue weighted by Crippen LogP contribution is 2.16. The second-order valence-electron chi connectivity index (χ2n) is 7.45. The third kappa shape index (κ3) is 5.69. The molecular formula is C20H28N6O3. The number of urea groups is 1. The molecule has 0 spiro atoms. The molecule has 1 atom stereocenters. The number of carbonyl (C=O) groups is 2. The number of pyridine rings is 1. The minimum atomic E-state index is -0.283. The van der Waals surface area contributed by atoms with Crippen molar-refractivity contribution in [1.29, 1.82) is 0 Å². The Morgan fingerprint density at radius 1 is 1.24 bits per heavy atom. The highest BCUT2D eigenvalue weighted by atomic mass is 16.5. The van der Waals surface area contributed by atoms with Crippen LogP contribution in [-0.2, 0) is 24.4 Å². The smallest absolute Gasteiger partial charge is 0.315 e. The summed E-state index contributed by atoms with van der Waals surface area (Å²) < 4.78 is 7.58. The molecule has 0 saturated carbocycles. The van der Waals surface area contributed by atoms with Crippen LogP contribution in [0.3, 0.4) is 0 Å². The fourth-order valence-electron chi connectivity index (χ4n) is 3.13. The van der Waals surface area contributed by atoms with Crippen LogP contribution in [0.2, 0.25) is 0 Å². The molecule has 3 rings (SSSR count). The quantitative estimate of drug-likeness (QED) is 0.734. The fourth-order valence-corrected chi connectivity index (χ4v) is 3.13. The molecule has 0 bridgehead atoms. The van der Waals surface area contributed by atoms with E-state index in [4.69, 9.17) is 4.74 Å². The molecule has 0 aromatic carbocycles. The predicted octanol–water partition coefficient (Wildman–Crippen LogP) is 1.54. The number of amides is 3. The molecule has 1 aliphatic rings. The van der Waals surface area contributed by atoms with Crippen molar-refractivity contribution in [1.82, 2.24) is 30.3 Å². The van der Waals surface area contributed by atoms with Crippen molar-refractivity contribution in [2.24, 2.45) is 5.92 Å². The molecular weight excluding hydrogens is 372 g/mol. The molecule has 1 aliphatic heterocycles. The van der Waals surface area contributed by atoms with Crippen molar-refractivity contribution in [2.45, 2.75) is 46.5 Å². The van der Waals surface area contributed by atoms with Gasteiger partial charge in [0.2, 0.25) is 5.91 Å². The fraction of sp³-hybridized carbons (Fsp3) is 0.500. The summed E-state index contributed by atoms with van der Waals surface area (Å²) in [7, 11) is 0. The van der Waals surface area contributed by atoms with Crippen LogP contribution < -0.4 is 15.4 Å². The number of ether oxygens (including phenoxy) is 1. The molecule has 9 heteroatoms. The lowest BCUT2D eigenvalue weighted by molar-refractivity contribution is -0.136. The maximum atomic E-state index is 12.2. The van der Waals surface area contributed by atoms with Gasteiger partial charge < -0.3 is 20.3 Å². The second-order valence-corrected chi connectivity index (χ2v) is 7.45. The van der Waals surface area contributed by atoms with Crippen LogP contribution in [0.15, 0.2) is 30.6 Å². The Labute approximate surface area is 170 Å². The standard InChI is InChI=1S/C20H28N6O3/c1-14(2)19(27)25-7-8-26-17(13-25)9-16(24-26)11-23-20(28)22-10-15(3)29-18-5-4-6-21-12-18/h4-6,9,12,14-15H,7-8,10-11,13H2,1-3H3,(H2,22,23,28)/t15-/m1/s1. The lowest BCUT2D eigenvalue weighted by atomic mass is 10.1. The molecule has 2 N–H and O–H groups in total. The van der Waals surface area contributed by atoms with Crippen molar-refractivity contribution in [2.75, 3.05) is 13.1 Å². The van der Waals surface area contributed by atoms with Gasteiger partial charge in [0.25, 0.3) is 0 Å². The molecule has 0 fully saturated rings. The number of nitrogens with one attached hydrogen (secondary N) is 2. The Morgan fingerprint density at radius 3 is 2.79 bits per heavy atom. The Hall–Kier alpha value is -3.10. The summed E-state index contributed by atoms with van der Waals surface area (Å²) in [5, 5.41) is 10.1. The number of hydrogen-bond acceptors (Lipinski definition) is 5. The van der Waals surface area contributed by atoms with Crippen LogP contribution in [0.1, 0.15) is 32.2 Å². The maximum Gasteiger partial charge on any atom is 0.315 e. The van der Waals surface area contributed by atoms with E-state index in [0.717, 1.165) is 11.4 Å². The monoisotopic (exact) mass is 400 g/mol. The van der Waals surface area contributed by atoms with Crippen molar-refractivity contribution in [3.8, 4) is 5.75 Å². The summed E-state index contributed by atoms with van der Waals surface area (Å²) in [5.74, 6) is 0.800. The zero-order chi connectivity index (χ0) is 20.8. The van der Waals surface area contributed by atoms with E-state index in [2.05, 4.69) is 20.7 Å². The van der Waals surface area contributed by atoms with Crippen molar-refractivity contribution >= 4 is 11.9 Å². The Bertz CT molecular complexity index is 836. The Morgan fingerprint density at radius 2 is 2.07 bits per heavy atom. The van der Waals surface area contributed by atoms with Gasteiger partial charge in [-0.05, 0) is 25.1 Å². The molecule has 0 radical (unpaired) electrons. The summed E-state index contributed by atoms with van der Waals surface area (Å²) in [6.07, 6.45) is 3.12. The van der Waals surface area contributed by atoms with E-state index < -0.39 is 0 Å². The maximum absolute atomic E-state index is 12.2. The van der Waals surface area contributed by atoms with E-state index in [0.29, 0.717) is 38.5 Å². The molecule has 156 valence electrons. The van der Waals surface area contributed by atoms with Gasteiger partial charge in [-0.15, -0.1) is 0 Å². The predicted molar refractivity (Wildman–Crippen MR) is 107 cm³/mol. The molecule has 0 saturated heterocycles. The van der Waals surface area contributed by atoms with E-state index in [1.165, 1.54) is 0 Å². The van der Waals surface area contributed by atoms with Gasteiger partial charge in [0, 0.05) is 18.7 Å². The number of rotatable bonds is 7. The average Bonchev–Trinajstić information content (AvgIpc) is 3.13.